The minimum absolute atomic E-state index is 0.123. The predicted octanol–water partition coefficient (Wildman–Crippen LogP) is 11.6. The molecular formula is C47H30N4S. The summed E-state index contributed by atoms with van der Waals surface area (Å²) in [4.78, 5) is 20.0. The van der Waals surface area contributed by atoms with Crippen LogP contribution in [0.1, 0.15) is 50.8 Å². The summed E-state index contributed by atoms with van der Waals surface area (Å²) in [5, 5.41) is 2.49. The Labute approximate surface area is 305 Å². The molecule has 4 nitrogen and oxygen atoms in total. The van der Waals surface area contributed by atoms with Crippen molar-refractivity contribution in [3.63, 3.8) is 0 Å². The summed E-state index contributed by atoms with van der Waals surface area (Å²) >= 11 is 1.80. The normalized spacial score (nSPS) is 15.4. The van der Waals surface area contributed by atoms with Crippen molar-refractivity contribution < 1.29 is 0 Å². The Morgan fingerprint density at radius 1 is 0.442 bits per heavy atom. The molecule has 2 atom stereocenters. The van der Waals surface area contributed by atoms with Crippen LogP contribution in [0.4, 0.5) is 0 Å². The summed E-state index contributed by atoms with van der Waals surface area (Å²) in [5.74, 6) is 2.32. The summed E-state index contributed by atoms with van der Waals surface area (Å²) in [5.41, 5.74) is 14.7. The third-order valence-corrected chi connectivity index (χ3v) is 12.0. The van der Waals surface area contributed by atoms with Gasteiger partial charge in [0.15, 0.2) is 17.5 Å². The standard InChI is InChI=1S/C47H30N4S/c1-27-22-31(26-48-25-27)29-18-20-35-39(23-29)42-33-13-5-6-14-34(33)43(35)40-24-30(19-21-36(40)42)46-49-45(28-10-3-2-4-11-28)50-47(51-46)38-16-9-15-37-32-12-7-8-17-41(32)52-44(37)38/h2-26,42-43H,1H3. The first-order valence-electron chi connectivity index (χ1n) is 17.7. The van der Waals surface area contributed by atoms with E-state index in [0.717, 1.165) is 27.8 Å². The van der Waals surface area contributed by atoms with Crippen molar-refractivity contribution >= 4 is 31.5 Å². The Balaban J connectivity index is 1.09. The third-order valence-electron chi connectivity index (χ3n) is 10.8. The molecule has 0 saturated heterocycles. The molecule has 3 aromatic heterocycles. The van der Waals surface area contributed by atoms with E-state index in [1.54, 1.807) is 11.3 Å². The molecule has 6 aromatic carbocycles. The van der Waals surface area contributed by atoms with Gasteiger partial charge in [0.1, 0.15) is 0 Å². The largest absolute Gasteiger partial charge is 0.264 e. The average Bonchev–Trinajstić information content (AvgIpc) is 3.59. The van der Waals surface area contributed by atoms with E-state index in [1.807, 2.05) is 30.6 Å². The molecule has 0 amide bonds. The number of benzene rings is 6. The molecule has 5 heteroatoms. The van der Waals surface area contributed by atoms with E-state index in [2.05, 4.69) is 133 Å². The molecule has 0 aliphatic heterocycles. The highest BCUT2D eigenvalue weighted by Crippen LogP contribution is 2.56. The number of aromatic nitrogens is 4. The molecular weight excluding hydrogens is 653 g/mol. The summed E-state index contributed by atoms with van der Waals surface area (Å²) in [6.07, 6.45) is 3.88. The fourth-order valence-electron chi connectivity index (χ4n) is 8.51. The fraction of sp³-hybridized carbons (Fsp3) is 0.0638. The Kier molecular flexibility index (Phi) is 6.43. The summed E-state index contributed by atoms with van der Waals surface area (Å²) < 4.78 is 2.45. The highest BCUT2D eigenvalue weighted by molar-refractivity contribution is 7.26. The van der Waals surface area contributed by atoms with Gasteiger partial charge in [-0.1, -0.05) is 109 Å². The maximum atomic E-state index is 5.25. The van der Waals surface area contributed by atoms with Crippen molar-refractivity contribution in [1.29, 1.82) is 0 Å². The molecule has 0 N–H and O–H groups in total. The molecule has 0 fully saturated rings. The van der Waals surface area contributed by atoms with Crippen LogP contribution in [0, 0.1) is 6.92 Å². The lowest BCUT2D eigenvalue weighted by molar-refractivity contribution is 0.755. The van der Waals surface area contributed by atoms with Crippen molar-refractivity contribution in [3.05, 3.63) is 191 Å². The lowest BCUT2D eigenvalue weighted by Gasteiger charge is -2.42. The second-order valence-corrected chi connectivity index (χ2v) is 14.9. The van der Waals surface area contributed by atoms with Crippen LogP contribution in [0.25, 0.3) is 65.5 Å². The molecule has 2 bridgehead atoms. The van der Waals surface area contributed by atoms with Crippen molar-refractivity contribution in [1.82, 2.24) is 19.9 Å². The van der Waals surface area contributed by atoms with Crippen molar-refractivity contribution in [2.45, 2.75) is 18.8 Å². The third kappa shape index (κ3) is 4.46. The summed E-state index contributed by atoms with van der Waals surface area (Å²) in [7, 11) is 0. The van der Waals surface area contributed by atoms with Crippen molar-refractivity contribution in [2.75, 3.05) is 0 Å². The molecule has 12 rings (SSSR count). The molecule has 3 aliphatic rings. The lowest BCUT2D eigenvalue weighted by atomic mass is 9.60. The van der Waals surface area contributed by atoms with E-state index in [1.165, 1.54) is 59.1 Å². The van der Waals surface area contributed by atoms with Crippen LogP contribution in [0.5, 0.6) is 0 Å². The van der Waals surface area contributed by atoms with E-state index in [0.29, 0.717) is 17.5 Å². The van der Waals surface area contributed by atoms with Crippen LogP contribution >= 0.6 is 11.3 Å². The fourth-order valence-corrected chi connectivity index (χ4v) is 9.73. The molecule has 0 spiro atoms. The number of rotatable bonds is 4. The second-order valence-electron chi connectivity index (χ2n) is 13.9. The van der Waals surface area contributed by atoms with E-state index in [-0.39, 0.29) is 11.8 Å². The first kappa shape index (κ1) is 29.4. The monoisotopic (exact) mass is 682 g/mol. The van der Waals surface area contributed by atoms with Gasteiger partial charge in [-0.3, -0.25) is 4.98 Å². The number of fused-ring (bicyclic) bond motifs is 3. The van der Waals surface area contributed by atoms with Crippen LogP contribution in [0.15, 0.2) is 152 Å². The molecule has 2 unspecified atom stereocenters. The lowest BCUT2D eigenvalue weighted by Crippen LogP contribution is -2.27. The van der Waals surface area contributed by atoms with Crippen LogP contribution in [-0.2, 0) is 0 Å². The Morgan fingerprint density at radius 3 is 1.83 bits per heavy atom. The van der Waals surface area contributed by atoms with Gasteiger partial charge in [0.2, 0.25) is 0 Å². The second kappa shape index (κ2) is 11.4. The smallest absolute Gasteiger partial charge is 0.165 e. The van der Waals surface area contributed by atoms with Gasteiger partial charge in [-0.05, 0) is 81.8 Å². The van der Waals surface area contributed by atoms with Crippen LogP contribution < -0.4 is 0 Å². The number of pyridine rings is 1. The van der Waals surface area contributed by atoms with Crippen LogP contribution in [0.2, 0.25) is 0 Å². The SMILES string of the molecule is Cc1cncc(-c2ccc3c(c2)C2c4ccccc4C3c3cc(-c4nc(-c5ccccc5)nc(-c5cccc6c5sc5ccccc56)n4)ccc32)c1. The minimum atomic E-state index is 0.123. The van der Waals surface area contributed by atoms with Crippen molar-refractivity contribution in [3.8, 4) is 45.3 Å². The number of hydrogen-bond acceptors (Lipinski definition) is 5. The number of hydrogen-bond donors (Lipinski definition) is 0. The van der Waals surface area contributed by atoms with Crippen LogP contribution in [-0.4, -0.2) is 19.9 Å². The Hall–Kier alpha value is -6.30. The maximum Gasteiger partial charge on any atom is 0.165 e. The van der Waals surface area contributed by atoms with E-state index in [9.17, 15) is 0 Å². The molecule has 3 aliphatic carbocycles. The Morgan fingerprint density at radius 2 is 1.06 bits per heavy atom. The minimum Gasteiger partial charge on any atom is -0.264 e. The van der Waals surface area contributed by atoms with Gasteiger partial charge in [-0.25, -0.2) is 15.0 Å². The van der Waals surface area contributed by atoms with E-state index < -0.39 is 0 Å². The number of nitrogens with zero attached hydrogens (tertiary/aromatic N) is 4. The van der Waals surface area contributed by atoms with E-state index in [4.69, 9.17) is 15.0 Å². The van der Waals surface area contributed by atoms with Gasteiger partial charge in [0, 0.05) is 66.7 Å². The molecule has 52 heavy (non-hydrogen) atoms. The van der Waals surface area contributed by atoms with Gasteiger partial charge in [-0.15, -0.1) is 11.3 Å². The van der Waals surface area contributed by atoms with Gasteiger partial charge in [0.25, 0.3) is 0 Å². The zero-order valence-corrected chi connectivity index (χ0v) is 29.1. The van der Waals surface area contributed by atoms with Crippen LogP contribution in [0.3, 0.4) is 0 Å². The quantitative estimate of drug-likeness (QED) is 0.185. The first-order chi connectivity index (χ1) is 25.7. The first-order valence-corrected chi connectivity index (χ1v) is 18.5. The predicted molar refractivity (Wildman–Crippen MR) is 212 cm³/mol. The van der Waals surface area contributed by atoms with Gasteiger partial charge >= 0.3 is 0 Å². The summed E-state index contributed by atoms with van der Waals surface area (Å²) in [6.45, 7) is 2.10. The summed E-state index contributed by atoms with van der Waals surface area (Å²) in [6, 6.07) is 50.4. The molecule has 3 heterocycles. The van der Waals surface area contributed by atoms with Gasteiger partial charge in [0.05, 0.1) is 0 Å². The molecule has 0 saturated carbocycles. The number of thiophene rings is 1. The average molecular weight is 683 g/mol. The zero-order valence-electron chi connectivity index (χ0n) is 28.3. The highest BCUT2D eigenvalue weighted by Gasteiger charge is 2.41. The van der Waals surface area contributed by atoms with Gasteiger partial charge < -0.3 is 0 Å². The van der Waals surface area contributed by atoms with Gasteiger partial charge in [-0.2, -0.15) is 0 Å². The number of aryl methyl sites for hydroxylation is 1. The molecule has 9 aromatic rings. The van der Waals surface area contributed by atoms with Crippen molar-refractivity contribution in [2.24, 2.45) is 0 Å². The zero-order chi connectivity index (χ0) is 34.3. The topological polar surface area (TPSA) is 51.6 Å². The molecule has 244 valence electrons. The Bertz CT molecular complexity index is 2890. The molecule has 0 radical (unpaired) electrons. The highest BCUT2D eigenvalue weighted by atomic mass is 32.1. The van der Waals surface area contributed by atoms with E-state index >= 15 is 0 Å². The maximum absolute atomic E-state index is 5.25.